The lowest BCUT2D eigenvalue weighted by atomic mass is 10.4. The summed E-state index contributed by atoms with van der Waals surface area (Å²) < 4.78 is 5.29. The Hall–Kier alpha value is -1.13. The first-order valence-corrected chi connectivity index (χ1v) is 5.27. The molecule has 4 heteroatoms. The molecule has 0 aliphatic carbocycles. The van der Waals surface area contributed by atoms with Crippen molar-refractivity contribution in [1.29, 1.82) is 0 Å². The van der Waals surface area contributed by atoms with Crippen molar-refractivity contribution < 1.29 is 4.42 Å². The van der Waals surface area contributed by atoms with Gasteiger partial charge in [0, 0.05) is 11.4 Å². The van der Waals surface area contributed by atoms with E-state index in [1.54, 1.807) is 17.6 Å². The van der Waals surface area contributed by atoms with Crippen LogP contribution in [0.2, 0.25) is 0 Å². The summed E-state index contributed by atoms with van der Waals surface area (Å²) in [6.07, 6.45) is 1.67. The van der Waals surface area contributed by atoms with Gasteiger partial charge in [-0.1, -0.05) is 0 Å². The van der Waals surface area contributed by atoms with Crippen LogP contribution in [0.25, 0.3) is 10.8 Å². The fourth-order valence-corrected chi connectivity index (χ4v) is 2.16. The van der Waals surface area contributed by atoms with E-state index >= 15 is 0 Å². The second-order valence-corrected chi connectivity index (χ2v) is 4.23. The number of aromatic nitrogens is 1. The molecule has 2 heterocycles. The fraction of sp³-hybridized carbons (Fsp3) is 0.300. The molecule has 0 unspecified atom stereocenters. The molecule has 0 fully saturated rings. The van der Waals surface area contributed by atoms with E-state index in [1.165, 1.54) is 4.88 Å². The number of nitrogens with one attached hydrogen (secondary N) is 1. The highest BCUT2D eigenvalue weighted by Crippen LogP contribution is 2.27. The van der Waals surface area contributed by atoms with Crippen LogP contribution in [0.1, 0.15) is 10.6 Å². The number of hydrogen-bond donors (Lipinski definition) is 1. The Bertz CT molecular complexity index is 406. The Balaban J connectivity index is 2.33. The van der Waals surface area contributed by atoms with Gasteiger partial charge < -0.3 is 9.73 Å². The van der Waals surface area contributed by atoms with Crippen LogP contribution in [0, 0.1) is 6.92 Å². The van der Waals surface area contributed by atoms with Crippen LogP contribution < -0.4 is 5.32 Å². The average molecular weight is 208 g/mol. The molecule has 0 saturated carbocycles. The minimum Gasteiger partial charge on any atom is -0.462 e. The molecule has 2 aromatic heterocycles. The lowest BCUT2D eigenvalue weighted by Gasteiger charge is -1.93. The van der Waals surface area contributed by atoms with E-state index in [2.05, 4.69) is 17.2 Å². The number of thiazole rings is 1. The molecule has 0 atom stereocenters. The minimum atomic E-state index is 0.809. The second-order valence-electron chi connectivity index (χ2n) is 3.03. The van der Waals surface area contributed by atoms with Gasteiger partial charge in [-0.05, 0) is 26.1 Å². The van der Waals surface area contributed by atoms with Crippen molar-refractivity contribution in [3.63, 3.8) is 0 Å². The van der Waals surface area contributed by atoms with E-state index in [9.17, 15) is 0 Å². The summed E-state index contributed by atoms with van der Waals surface area (Å²) in [7, 11) is 1.92. The molecule has 0 radical (unpaired) electrons. The Labute approximate surface area is 86.8 Å². The van der Waals surface area contributed by atoms with E-state index in [1.807, 2.05) is 19.2 Å². The largest absolute Gasteiger partial charge is 0.462 e. The molecule has 74 valence electrons. The summed E-state index contributed by atoms with van der Waals surface area (Å²) in [5.74, 6) is 0.848. The first-order chi connectivity index (χ1) is 6.81. The maximum Gasteiger partial charge on any atom is 0.162 e. The predicted octanol–water partition coefficient (Wildman–Crippen LogP) is 2.43. The Kier molecular flexibility index (Phi) is 2.65. The molecule has 0 spiro atoms. The quantitative estimate of drug-likeness (QED) is 0.841. The third kappa shape index (κ3) is 1.71. The van der Waals surface area contributed by atoms with Crippen molar-refractivity contribution in [2.45, 2.75) is 13.5 Å². The van der Waals surface area contributed by atoms with Gasteiger partial charge in [-0.3, -0.25) is 0 Å². The van der Waals surface area contributed by atoms with Crippen LogP contribution in [0.4, 0.5) is 0 Å². The molecular weight excluding hydrogens is 196 g/mol. The Morgan fingerprint density at radius 3 is 3.07 bits per heavy atom. The maximum atomic E-state index is 5.29. The summed E-state index contributed by atoms with van der Waals surface area (Å²) in [6, 6.07) is 3.81. The smallest absolute Gasteiger partial charge is 0.162 e. The first kappa shape index (κ1) is 9.43. The van der Waals surface area contributed by atoms with Crippen molar-refractivity contribution in [1.82, 2.24) is 10.3 Å². The van der Waals surface area contributed by atoms with Crippen molar-refractivity contribution in [2.75, 3.05) is 7.05 Å². The summed E-state index contributed by atoms with van der Waals surface area (Å²) in [4.78, 5) is 5.75. The lowest BCUT2D eigenvalue weighted by Crippen LogP contribution is -2.06. The molecule has 0 aromatic carbocycles. The topological polar surface area (TPSA) is 38.1 Å². The van der Waals surface area contributed by atoms with E-state index in [0.29, 0.717) is 0 Å². The molecule has 0 aliphatic heterocycles. The van der Waals surface area contributed by atoms with Crippen molar-refractivity contribution in [3.05, 3.63) is 29.0 Å². The monoisotopic (exact) mass is 208 g/mol. The van der Waals surface area contributed by atoms with Crippen LogP contribution in [0.15, 0.2) is 22.8 Å². The predicted molar refractivity (Wildman–Crippen MR) is 57.3 cm³/mol. The lowest BCUT2D eigenvalue weighted by molar-refractivity contribution is 0.581. The Morgan fingerprint density at radius 2 is 2.43 bits per heavy atom. The number of aryl methyl sites for hydroxylation is 1. The van der Waals surface area contributed by atoms with Crippen LogP contribution in [-0.2, 0) is 6.54 Å². The number of nitrogens with zero attached hydrogens (tertiary/aromatic N) is 1. The van der Waals surface area contributed by atoms with Crippen LogP contribution >= 0.6 is 11.3 Å². The standard InChI is InChI=1S/C10H12N2OS/c1-7-8(6-11-2)12-10(14-7)9-4-3-5-13-9/h3-5,11H,6H2,1-2H3. The fourth-order valence-electron chi connectivity index (χ4n) is 1.27. The van der Waals surface area contributed by atoms with Crippen LogP contribution in [-0.4, -0.2) is 12.0 Å². The third-order valence-corrected chi connectivity index (χ3v) is 3.00. The van der Waals surface area contributed by atoms with E-state index in [-0.39, 0.29) is 0 Å². The van der Waals surface area contributed by atoms with Crippen molar-refractivity contribution >= 4 is 11.3 Å². The summed E-state index contributed by atoms with van der Waals surface area (Å²) in [5.41, 5.74) is 1.10. The second kappa shape index (κ2) is 3.94. The molecule has 2 rings (SSSR count). The zero-order valence-electron chi connectivity index (χ0n) is 8.20. The number of rotatable bonds is 3. The van der Waals surface area contributed by atoms with E-state index < -0.39 is 0 Å². The van der Waals surface area contributed by atoms with Crippen LogP contribution in [0.3, 0.4) is 0 Å². The zero-order chi connectivity index (χ0) is 9.97. The average Bonchev–Trinajstić information content (AvgIpc) is 2.76. The van der Waals surface area contributed by atoms with Gasteiger partial charge in [0.25, 0.3) is 0 Å². The molecule has 14 heavy (non-hydrogen) atoms. The first-order valence-electron chi connectivity index (χ1n) is 4.46. The molecular formula is C10H12N2OS. The zero-order valence-corrected chi connectivity index (χ0v) is 9.02. The van der Waals surface area contributed by atoms with E-state index in [4.69, 9.17) is 4.42 Å². The van der Waals surface area contributed by atoms with Gasteiger partial charge in [0.1, 0.15) is 0 Å². The van der Waals surface area contributed by atoms with Gasteiger partial charge in [-0.15, -0.1) is 11.3 Å². The molecule has 0 amide bonds. The highest BCUT2D eigenvalue weighted by Gasteiger charge is 2.09. The summed E-state index contributed by atoms with van der Waals surface area (Å²) in [6.45, 7) is 2.89. The van der Waals surface area contributed by atoms with Gasteiger partial charge in [0.2, 0.25) is 0 Å². The molecule has 0 aliphatic rings. The molecule has 1 N–H and O–H groups in total. The number of furan rings is 1. The highest BCUT2D eigenvalue weighted by atomic mass is 32.1. The summed E-state index contributed by atoms with van der Waals surface area (Å²) in [5, 5.41) is 4.05. The molecule has 2 aromatic rings. The van der Waals surface area contributed by atoms with Gasteiger partial charge >= 0.3 is 0 Å². The van der Waals surface area contributed by atoms with Crippen molar-refractivity contribution in [3.8, 4) is 10.8 Å². The third-order valence-electron chi connectivity index (χ3n) is 1.97. The van der Waals surface area contributed by atoms with Crippen molar-refractivity contribution in [2.24, 2.45) is 0 Å². The Morgan fingerprint density at radius 1 is 1.57 bits per heavy atom. The highest BCUT2D eigenvalue weighted by molar-refractivity contribution is 7.15. The van der Waals surface area contributed by atoms with Gasteiger partial charge in [-0.25, -0.2) is 4.98 Å². The molecule has 3 nitrogen and oxygen atoms in total. The van der Waals surface area contributed by atoms with Gasteiger partial charge in [0.15, 0.2) is 10.8 Å². The normalized spacial score (nSPS) is 10.7. The molecule has 0 saturated heterocycles. The SMILES string of the molecule is CNCc1nc(-c2ccco2)sc1C. The minimum absolute atomic E-state index is 0.809. The maximum absolute atomic E-state index is 5.29. The van der Waals surface area contributed by atoms with Crippen LogP contribution in [0.5, 0.6) is 0 Å². The number of hydrogen-bond acceptors (Lipinski definition) is 4. The summed E-state index contributed by atoms with van der Waals surface area (Å²) >= 11 is 1.67. The van der Waals surface area contributed by atoms with Gasteiger partial charge in [-0.2, -0.15) is 0 Å². The molecule has 0 bridgehead atoms. The van der Waals surface area contributed by atoms with E-state index in [0.717, 1.165) is 23.0 Å². The van der Waals surface area contributed by atoms with Gasteiger partial charge in [0.05, 0.1) is 12.0 Å².